The third-order valence-corrected chi connectivity index (χ3v) is 2.75. The maximum Gasteiger partial charge on any atom is 0.341 e. The van der Waals surface area contributed by atoms with Crippen LogP contribution in [0.4, 0.5) is 0 Å². The van der Waals surface area contributed by atoms with Gasteiger partial charge in [0.25, 0.3) is 0 Å². The lowest BCUT2D eigenvalue weighted by atomic mass is 9.97. The van der Waals surface area contributed by atoms with Gasteiger partial charge in [0.2, 0.25) is 5.79 Å². The summed E-state index contributed by atoms with van der Waals surface area (Å²) in [6.07, 6.45) is 0.600. The molecule has 2 N–H and O–H groups in total. The second-order valence-corrected chi connectivity index (χ2v) is 4.05. The Kier molecular flexibility index (Phi) is 2.69. The molecule has 1 heterocycles. The second-order valence-electron chi connectivity index (χ2n) is 4.05. The Bertz CT molecular complexity index is 427. The molecule has 1 aromatic rings. The molecule has 4 heteroatoms. The first-order chi connectivity index (χ1) is 7.57. The van der Waals surface area contributed by atoms with Gasteiger partial charge in [-0.15, -0.1) is 0 Å². The summed E-state index contributed by atoms with van der Waals surface area (Å²) in [7, 11) is 0. The lowest BCUT2D eigenvalue weighted by molar-refractivity contribution is -0.169. The minimum absolute atomic E-state index is 0.0406. The summed E-state index contributed by atoms with van der Waals surface area (Å²) < 4.78 is 4.98. The molecule has 1 unspecified atom stereocenters. The number of aliphatic hydroxyl groups excluding tert-OH is 1. The average molecular weight is 222 g/mol. The quantitative estimate of drug-likeness (QED) is 0.751. The number of cyclic esters (lactones) is 1. The fraction of sp³-hybridized carbons (Fsp3) is 0.417. The van der Waals surface area contributed by atoms with Gasteiger partial charge in [-0.1, -0.05) is 17.7 Å². The van der Waals surface area contributed by atoms with E-state index >= 15 is 0 Å². The van der Waals surface area contributed by atoms with E-state index in [1.54, 1.807) is 12.1 Å². The summed E-state index contributed by atoms with van der Waals surface area (Å²) in [6, 6.07) is 5.23. The van der Waals surface area contributed by atoms with Crippen LogP contribution in [0.25, 0.3) is 0 Å². The van der Waals surface area contributed by atoms with Crippen LogP contribution in [-0.2, 0) is 10.5 Å². The minimum Gasteiger partial charge on any atom is -0.425 e. The molecular weight excluding hydrogens is 208 g/mol. The molecule has 0 saturated heterocycles. The van der Waals surface area contributed by atoms with Crippen molar-refractivity contribution in [3.8, 4) is 0 Å². The number of rotatable bonds is 3. The summed E-state index contributed by atoms with van der Waals surface area (Å²) >= 11 is 0. The Morgan fingerprint density at radius 3 is 2.88 bits per heavy atom. The van der Waals surface area contributed by atoms with Crippen LogP contribution < -0.4 is 0 Å². The predicted octanol–water partition coefficient (Wildman–Crippen LogP) is 1.08. The number of aliphatic hydroxyl groups is 2. The molecule has 0 bridgehead atoms. The molecule has 2 rings (SSSR count). The lowest BCUT2D eigenvalue weighted by Gasteiger charge is -2.21. The molecule has 4 nitrogen and oxygen atoms in total. The van der Waals surface area contributed by atoms with Gasteiger partial charge < -0.3 is 14.9 Å². The van der Waals surface area contributed by atoms with Crippen molar-refractivity contribution in [2.75, 3.05) is 6.61 Å². The fourth-order valence-corrected chi connectivity index (χ4v) is 1.94. The molecule has 1 aromatic carbocycles. The minimum atomic E-state index is -1.57. The number of hydrogen-bond donors (Lipinski definition) is 2. The molecule has 1 aliphatic heterocycles. The Morgan fingerprint density at radius 1 is 1.44 bits per heavy atom. The van der Waals surface area contributed by atoms with Crippen LogP contribution in [0.5, 0.6) is 0 Å². The molecule has 0 spiro atoms. The number of esters is 1. The summed E-state index contributed by atoms with van der Waals surface area (Å²) in [5.41, 5.74) is 1.86. The second kappa shape index (κ2) is 3.88. The van der Waals surface area contributed by atoms with Gasteiger partial charge in [-0.3, -0.25) is 0 Å². The van der Waals surface area contributed by atoms with Crippen molar-refractivity contribution in [1.29, 1.82) is 0 Å². The molecule has 86 valence electrons. The van der Waals surface area contributed by atoms with Gasteiger partial charge in [0, 0.05) is 18.6 Å². The van der Waals surface area contributed by atoms with E-state index in [4.69, 9.17) is 9.84 Å². The fourth-order valence-electron chi connectivity index (χ4n) is 1.94. The Balaban J connectivity index is 2.38. The summed E-state index contributed by atoms with van der Waals surface area (Å²) in [4.78, 5) is 11.6. The van der Waals surface area contributed by atoms with Crippen molar-refractivity contribution in [3.05, 3.63) is 34.9 Å². The highest BCUT2D eigenvalue weighted by molar-refractivity contribution is 5.94. The maximum atomic E-state index is 11.6. The van der Waals surface area contributed by atoms with Crippen molar-refractivity contribution in [2.45, 2.75) is 25.6 Å². The first kappa shape index (κ1) is 11.1. The molecular formula is C12H14O4. The van der Waals surface area contributed by atoms with Crippen LogP contribution in [0.1, 0.15) is 34.3 Å². The SMILES string of the molecule is Cc1ccc2c(c1)C(=O)OC2(O)CCCO. The zero-order chi connectivity index (χ0) is 11.8. The zero-order valence-corrected chi connectivity index (χ0v) is 9.06. The third-order valence-electron chi connectivity index (χ3n) is 2.75. The number of ether oxygens (including phenoxy) is 1. The number of hydrogen-bond acceptors (Lipinski definition) is 4. The standard InChI is InChI=1S/C12H14O4/c1-8-3-4-10-9(7-8)11(14)16-12(10,15)5-2-6-13/h3-4,7,13,15H,2,5-6H2,1H3. The third kappa shape index (κ3) is 1.70. The van der Waals surface area contributed by atoms with E-state index < -0.39 is 11.8 Å². The monoisotopic (exact) mass is 222 g/mol. The molecule has 0 amide bonds. The number of aryl methyl sites for hydroxylation is 1. The van der Waals surface area contributed by atoms with Gasteiger partial charge in [0.15, 0.2) is 0 Å². The smallest absolute Gasteiger partial charge is 0.341 e. The van der Waals surface area contributed by atoms with Crippen molar-refractivity contribution in [3.63, 3.8) is 0 Å². The van der Waals surface area contributed by atoms with Gasteiger partial charge in [-0.2, -0.15) is 0 Å². The molecule has 0 aromatic heterocycles. The van der Waals surface area contributed by atoms with E-state index in [-0.39, 0.29) is 13.0 Å². The molecule has 0 fully saturated rings. The van der Waals surface area contributed by atoms with E-state index in [0.29, 0.717) is 17.5 Å². The van der Waals surface area contributed by atoms with Crippen molar-refractivity contribution < 1.29 is 19.7 Å². The number of carbonyl (C=O) groups is 1. The Labute approximate surface area is 93.5 Å². The van der Waals surface area contributed by atoms with E-state index in [1.165, 1.54) is 0 Å². The van der Waals surface area contributed by atoms with Crippen molar-refractivity contribution >= 4 is 5.97 Å². The van der Waals surface area contributed by atoms with Crippen LogP contribution in [0.3, 0.4) is 0 Å². The van der Waals surface area contributed by atoms with Crippen LogP contribution in [0, 0.1) is 6.92 Å². The van der Waals surface area contributed by atoms with Gasteiger partial charge >= 0.3 is 5.97 Å². The van der Waals surface area contributed by atoms with Crippen LogP contribution >= 0.6 is 0 Å². The molecule has 1 aliphatic rings. The van der Waals surface area contributed by atoms with E-state index in [2.05, 4.69) is 0 Å². The van der Waals surface area contributed by atoms with Crippen LogP contribution in [0.2, 0.25) is 0 Å². The van der Waals surface area contributed by atoms with E-state index in [9.17, 15) is 9.90 Å². The van der Waals surface area contributed by atoms with Gasteiger partial charge in [0.05, 0.1) is 5.56 Å². The highest BCUT2D eigenvalue weighted by Gasteiger charge is 2.43. The van der Waals surface area contributed by atoms with Gasteiger partial charge in [-0.25, -0.2) is 4.79 Å². The summed E-state index contributed by atoms with van der Waals surface area (Å²) in [6.45, 7) is 1.83. The normalized spacial score (nSPS) is 23.1. The van der Waals surface area contributed by atoms with Gasteiger partial charge in [0.1, 0.15) is 0 Å². The lowest BCUT2D eigenvalue weighted by Crippen LogP contribution is -2.25. The summed E-state index contributed by atoms with van der Waals surface area (Å²) in [5, 5.41) is 18.9. The number of fused-ring (bicyclic) bond motifs is 1. The van der Waals surface area contributed by atoms with Gasteiger partial charge in [-0.05, 0) is 19.4 Å². The number of carbonyl (C=O) groups excluding carboxylic acids is 1. The van der Waals surface area contributed by atoms with E-state index in [0.717, 1.165) is 5.56 Å². The Hall–Kier alpha value is -1.39. The topological polar surface area (TPSA) is 66.8 Å². The zero-order valence-electron chi connectivity index (χ0n) is 9.06. The highest BCUT2D eigenvalue weighted by atomic mass is 16.7. The predicted molar refractivity (Wildman–Crippen MR) is 56.8 cm³/mol. The first-order valence-corrected chi connectivity index (χ1v) is 5.24. The highest BCUT2D eigenvalue weighted by Crippen LogP contribution is 2.37. The van der Waals surface area contributed by atoms with E-state index in [1.807, 2.05) is 13.0 Å². The average Bonchev–Trinajstić information content (AvgIpc) is 2.49. The van der Waals surface area contributed by atoms with Crippen molar-refractivity contribution in [1.82, 2.24) is 0 Å². The van der Waals surface area contributed by atoms with Crippen LogP contribution in [-0.4, -0.2) is 22.8 Å². The largest absolute Gasteiger partial charge is 0.425 e. The van der Waals surface area contributed by atoms with Crippen molar-refractivity contribution in [2.24, 2.45) is 0 Å². The Morgan fingerprint density at radius 2 is 2.19 bits per heavy atom. The molecule has 0 saturated carbocycles. The molecule has 16 heavy (non-hydrogen) atoms. The number of benzene rings is 1. The first-order valence-electron chi connectivity index (χ1n) is 5.24. The molecule has 0 radical (unpaired) electrons. The molecule has 1 atom stereocenters. The summed E-state index contributed by atoms with van der Waals surface area (Å²) in [5.74, 6) is -2.07. The van der Waals surface area contributed by atoms with Crippen LogP contribution in [0.15, 0.2) is 18.2 Å². The molecule has 0 aliphatic carbocycles. The maximum absolute atomic E-state index is 11.6.